The minimum absolute atomic E-state index is 0.00958. The van der Waals surface area contributed by atoms with Gasteiger partial charge in [-0.1, -0.05) is 0 Å². The van der Waals surface area contributed by atoms with E-state index in [1.54, 1.807) is 11.3 Å². The molecule has 1 unspecified atom stereocenters. The molecule has 0 spiro atoms. The predicted octanol–water partition coefficient (Wildman–Crippen LogP) is 1.94. The fourth-order valence-electron chi connectivity index (χ4n) is 1.93. The van der Waals surface area contributed by atoms with Crippen molar-refractivity contribution in [1.29, 1.82) is 0 Å². The van der Waals surface area contributed by atoms with Gasteiger partial charge >= 0.3 is 0 Å². The molecule has 1 fully saturated rings. The normalized spacial score (nSPS) is 23.6. The molecule has 1 saturated heterocycles. The summed E-state index contributed by atoms with van der Waals surface area (Å²) in [5, 5.41) is 3.88. The molecule has 0 aromatic carbocycles. The summed E-state index contributed by atoms with van der Waals surface area (Å²) in [5.74, 6) is 0.224. The molecule has 3 nitrogen and oxygen atoms in total. The van der Waals surface area contributed by atoms with Gasteiger partial charge in [0.15, 0.2) is 5.78 Å². The molecule has 0 aliphatic carbocycles. The second-order valence-electron chi connectivity index (χ2n) is 4.26. The predicted molar refractivity (Wildman–Crippen MR) is 70.3 cm³/mol. The van der Waals surface area contributed by atoms with E-state index >= 15 is 0 Å². The molecular weight excluding hydrogens is 288 g/mol. The minimum Gasteiger partial charge on any atom is -0.303 e. The first-order valence-electron chi connectivity index (χ1n) is 5.24. The molecule has 16 heavy (non-hydrogen) atoms. The lowest BCUT2D eigenvalue weighted by molar-refractivity contribution is 0.0686. The molecule has 2 heterocycles. The molecule has 0 bridgehead atoms. The third-order valence-corrected chi connectivity index (χ3v) is 4.74. The summed E-state index contributed by atoms with van der Waals surface area (Å²) in [6.07, 6.45) is 0. The number of hydrogen-bond acceptors (Lipinski definition) is 4. The lowest BCUT2D eigenvalue weighted by atomic mass is 10.0. The summed E-state index contributed by atoms with van der Waals surface area (Å²) in [5.41, 5.74) is 0.817. The maximum atomic E-state index is 12.3. The molecular formula is C11H15BrN2OS. The Morgan fingerprint density at radius 1 is 1.44 bits per heavy atom. The van der Waals surface area contributed by atoms with E-state index in [2.05, 4.69) is 32.8 Å². The van der Waals surface area contributed by atoms with Crippen LogP contribution in [0.25, 0.3) is 0 Å². The summed E-state index contributed by atoms with van der Waals surface area (Å²) in [6, 6.07) is -0.00958. The van der Waals surface area contributed by atoms with Gasteiger partial charge in [0.2, 0.25) is 0 Å². The Morgan fingerprint density at radius 2 is 2.19 bits per heavy atom. The molecule has 5 heteroatoms. The van der Waals surface area contributed by atoms with Gasteiger partial charge in [-0.3, -0.25) is 9.69 Å². The van der Waals surface area contributed by atoms with E-state index in [9.17, 15) is 4.79 Å². The summed E-state index contributed by atoms with van der Waals surface area (Å²) >= 11 is 4.99. The second kappa shape index (κ2) is 4.96. The van der Waals surface area contributed by atoms with Crippen LogP contribution < -0.4 is 0 Å². The number of carbonyl (C=O) groups is 1. The number of nitrogens with zero attached hydrogens (tertiary/aromatic N) is 2. The fraction of sp³-hybridized carbons (Fsp3) is 0.545. The summed E-state index contributed by atoms with van der Waals surface area (Å²) in [7, 11) is 4.09. The number of Topliss-reactive ketones (excluding diaryl/α,β-unsaturated/α-hetero) is 1. The van der Waals surface area contributed by atoms with Gasteiger partial charge in [0.05, 0.1) is 6.04 Å². The van der Waals surface area contributed by atoms with Crippen molar-refractivity contribution in [3.63, 3.8) is 0 Å². The number of hydrogen-bond donors (Lipinski definition) is 0. The Hall–Kier alpha value is -0.230. The van der Waals surface area contributed by atoms with Gasteiger partial charge in [0, 0.05) is 40.4 Å². The zero-order valence-electron chi connectivity index (χ0n) is 9.44. The summed E-state index contributed by atoms with van der Waals surface area (Å²) < 4.78 is 0.920. The van der Waals surface area contributed by atoms with Crippen molar-refractivity contribution in [3.8, 4) is 0 Å². The number of piperazine rings is 1. The van der Waals surface area contributed by atoms with Crippen molar-refractivity contribution in [1.82, 2.24) is 9.80 Å². The molecule has 1 aliphatic rings. The highest BCUT2D eigenvalue weighted by Gasteiger charge is 2.30. The van der Waals surface area contributed by atoms with E-state index in [1.165, 1.54) is 0 Å². The molecule has 0 N–H and O–H groups in total. The Bertz CT molecular complexity index is 393. The van der Waals surface area contributed by atoms with Gasteiger partial charge in [-0.25, -0.2) is 0 Å². The van der Waals surface area contributed by atoms with Crippen LogP contribution in [0.15, 0.2) is 15.2 Å². The molecule has 2 rings (SSSR count). The summed E-state index contributed by atoms with van der Waals surface area (Å²) in [6.45, 7) is 2.80. The Kier molecular flexibility index (Phi) is 3.79. The average molecular weight is 303 g/mol. The smallest absolute Gasteiger partial charge is 0.183 e. The van der Waals surface area contributed by atoms with E-state index in [4.69, 9.17) is 0 Å². The van der Waals surface area contributed by atoms with Crippen molar-refractivity contribution in [2.45, 2.75) is 6.04 Å². The highest BCUT2D eigenvalue weighted by Crippen LogP contribution is 2.24. The zero-order valence-corrected chi connectivity index (χ0v) is 11.8. The van der Waals surface area contributed by atoms with Crippen LogP contribution >= 0.6 is 27.3 Å². The maximum absolute atomic E-state index is 12.3. The second-order valence-corrected chi connectivity index (χ2v) is 5.85. The summed E-state index contributed by atoms with van der Waals surface area (Å²) in [4.78, 5) is 16.7. The van der Waals surface area contributed by atoms with Crippen LogP contribution in [0.2, 0.25) is 0 Å². The van der Waals surface area contributed by atoms with Crippen molar-refractivity contribution >= 4 is 33.0 Å². The van der Waals surface area contributed by atoms with Crippen LogP contribution in [0.5, 0.6) is 0 Å². The number of likely N-dealkylation sites (N-methyl/N-ethyl adjacent to an activating group) is 2. The van der Waals surface area contributed by atoms with Gasteiger partial charge in [-0.2, -0.15) is 11.3 Å². The van der Waals surface area contributed by atoms with Gasteiger partial charge in [-0.05, 0) is 30.0 Å². The van der Waals surface area contributed by atoms with Gasteiger partial charge in [-0.15, -0.1) is 0 Å². The lowest BCUT2D eigenvalue weighted by Crippen LogP contribution is -2.53. The third kappa shape index (κ3) is 2.37. The largest absolute Gasteiger partial charge is 0.303 e. The highest BCUT2D eigenvalue weighted by atomic mass is 79.9. The Labute approximate surface area is 108 Å². The van der Waals surface area contributed by atoms with Crippen LogP contribution in [-0.2, 0) is 0 Å². The highest BCUT2D eigenvalue weighted by molar-refractivity contribution is 9.10. The van der Waals surface area contributed by atoms with Gasteiger partial charge in [0.1, 0.15) is 0 Å². The Balaban J connectivity index is 2.18. The molecule has 1 aromatic heterocycles. The van der Waals surface area contributed by atoms with E-state index < -0.39 is 0 Å². The molecule has 1 aromatic rings. The molecule has 88 valence electrons. The van der Waals surface area contributed by atoms with Crippen LogP contribution in [0, 0.1) is 0 Å². The molecule has 0 saturated carbocycles. The van der Waals surface area contributed by atoms with Crippen LogP contribution in [0.4, 0.5) is 0 Å². The maximum Gasteiger partial charge on any atom is 0.183 e. The number of ketones is 1. The van der Waals surface area contributed by atoms with Crippen LogP contribution in [0.1, 0.15) is 10.4 Å². The van der Waals surface area contributed by atoms with Crippen molar-refractivity contribution < 1.29 is 4.79 Å². The number of carbonyl (C=O) groups excluding carboxylic acids is 1. The standard InChI is InChI=1S/C11H15BrN2OS/c1-13-3-4-14(2)10(5-13)11(15)8-6-16-7-9(8)12/h6-7,10H,3-5H2,1-2H3. The number of thiophene rings is 1. The SMILES string of the molecule is CN1CCN(C)C(C(=O)c2cscc2Br)C1. The molecule has 1 atom stereocenters. The van der Waals surface area contributed by atoms with Gasteiger partial charge < -0.3 is 4.90 Å². The van der Waals surface area contributed by atoms with Crippen LogP contribution in [0.3, 0.4) is 0 Å². The quantitative estimate of drug-likeness (QED) is 0.780. The lowest BCUT2D eigenvalue weighted by Gasteiger charge is -2.36. The monoisotopic (exact) mass is 302 g/mol. The molecule has 0 amide bonds. The van der Waals surface area contributed by atoms with E-state index in [1.807, 2.05) is 17.8 Å². The van der Waals surface area contributed by atoms with Crippen molar-refractivity contribution in [3.05, 3.63) is 20.8 Å². The first-order chi connectivity index (χ1) is 7.59. The van der Waals surface area contributed by atoms with E-state index in [-0.39, 0.29) is 11.8 Å². The van der Waals surface area contributed by atoms with Crippen molar-refractivity contribution in [2.24, 2.45) is 0 Å². The number of rotatable bonds is 2. The molecule has 1 aliphatic heterocycles. The first kappa shape index (κ1) is 12.2. The minimum atomic E-state index is -0.00958. The van der Waals surface area contributed by atoms with E-state index in [0.717, 1.165) is 29.7 Å². The fourth-order valence-corrected chi connectivity index (χ4v) is 3.41. The van der Waals surface area contributed by atoms with E-state index in [0.29, 0.717) is 0 Å². The number of halogens is 1. The average Bonchev–Trinajstić information content (AvgIpc) is 2.67. The van der Waals surface area contributed by atoms with Crippen molar-refractivity contribution in [2.75, 3.05) is 33.7 Å². The topological polar surface area (TPSA) is 23.6 Å². The zero-order chi connectivity index (χ0) is 11.7. The van der Waals surface area contributed by atoms with Gasteiger partial charge in [0.25, 0.3) is 0 Å². The first-order valence-corrected chi connectivity index (χ1v) is 6.98. The Morgan fingerprint density at radius 3 is 2.81 bits per heavy atom. The van der Waals surface area contributed by atoms with Crippen LogP contribution in [-0.4, -0.2) is 55.4 Å². The molecule has 0 radical (unpaired) electrons. The third-order valence-electron chi connectivity index (χ3n) is 3.03.